The van der Waals surface area contributed by atoms with Crippen LogP contribution in [0.3, 0.4) is 0 Å². The number of pyridine rings is 1. The molecule has 2 atom stereocenters. The highest BCUT2D eigenvalue weighted by molar-refractivity contribution is 5.92. The second kappa shape index (κ2) is 5.94. The van der Waals surface area contributed by atoms with Crippen molar-refractivity contribution in [2.75, 3.05) is 0 Å². The minimum atomic E-state index is -0.239. The third kappa shape index (κ3) is 3.21. The number of hydrogen-bond acceptors (Lipinski definition) is 6. The Morgan fingerprint density at radius 2 is 2.05 bits per heavy atom. The van der Waals surface area contributed by atoms with E-state index in [0.717, 1.165) is 17.7 Å². The van der Waals surface area contributed by atoms with Gasteiger partial charge in [-0.1, -0.05) is 0 Å². The minimum absolute atomic E-state index is 0.141. The molecule has 1 saturated heterocycles. The van der Waals surface area contributed by atoms with E-state index in [2.05, 4.69) is 31.1 Å². The molecule has 2 aromatic rings. The van der Waals surface area contributed by atoms with Gasteiger partial charge >= 0.3 is 0 Å². The van der Waals surface area contributed by atoms with Crippen molar-refractivity contribution >= 4 is 5.91 Å². The van der Waals surface area contributed by atoms with Crippen molar-refractivity contribution in [1.82, 2.24) is 31.1 Å². The van der Waals surface area contributed by atoms with Crippen LogP contribution in [0.15, 0.2) is 36.9 Å². The highest BCUT2D eigenvalue weighted by Crippen LogP contribution is 2.20. The average Bonchev–Trinajstić information content (AvgIpc) is 2.97. The van der Waals surface area contributed by atoms with Crippen molar-refractivity contribution < 1.29 is 4.79 Å². The van der Waals surface area contributed by atoms with Gasteiger partial charge in [0.2, 0.25) is 0 Å². The summed E-state index contributed by atoms with van der Waals surface area (Å²) in [7, 11) is 0. The van der Waals surface area contributed by atoms with Gasteiger partial charge < -0.3 is 5.32 Å². The predicted molar refractivity (Wildman–Crippen MR) is 75.9 cm³/mol. The van der Waals surface area contributed by atoms with E-state index in [1.54, 1.807) is 18.6 Å². The predicted octanol–water partition coefficient (Wildman–Crippen LogP) is 0.475. The van der Waals surface area contributed by atoms with Crippen LogP contribution in [-0.4, -0.2) is 27.0 Å². The lowest BCUT2D eigenvalue weighted by atomic mass is 10.1. The van der Waals surface area contributed by atoms with Gasteiger partial charge in [0.1, 0.15) is 5.69 Å². The molecule has 108 valence electrons. The third-order valence-corrected chi connectivity index (χ3v) is 3.33. The Morgan fingerprint density at radius 1 is 1.24 bits per heavy atom. The van der Waals surface area contributed by atoms with Gasteiger partial charge in [-0.2, -0.15) is 0 Å². The molecule has 7 nitrogen and oxygen atoms in total. The highest BCUT2D eigenvalue weighted by Gasteiger charge is 2.26. The van der Waals surface area contributed by atoms with Crippen molar-refractivity contribution in [3.05, 3.63) is 53.9 Å². The first-order valence-corrected chi connectivity index (χ1v) is 6.73. The zero-order chi connectivity index (χ0) is 14.7. The van der Waals surface area contributed by atoms with E-state index in [9.17, 15) is 4.79 Å². The van der Waals surface area contributed by atoms with Crippen LogP contribution in [-0.2, 0) is 0 Å². The van der Waals surface area contributed by atoms with Gasteiger partial charge in [-0.25, -0.2) is 15.8 Å². The number of carbonyl (C=O) groups excluding carboxylic acids is 1. The standard InChI is InChI=1S/C14H16N6O/c1-9-7-17-12(8-16-9)14(21)18-13-6-11(19-20-13)10-2-4-15-5-3-10/h2-5,7-8,11,13,19-20H,6H2,1H3,(H,18,21). The lowest BCUT2D eigenvalue weighted by molar-refractivity contribution is 0.0927. The maximum absolute atomic E-state index is 12.1. The molecule has 3 rings (SSSR count). The number of nitrogens with one attached hydrogen (secondary N) is 3. The SMILES string of the molecule is Cc1cnc(C(=O)NC2CC(c3ccncc3)NN2)cn1. The van der Waals surface area contributed by atoms with Crippen molar-refractivity contribution in [2.45, 2.75) is 25.6 Å². The first-order valence-electron chi connectivity index (χ1n) is 6.73. The van der Waals surface area contributed by atoms with Crippen molar-refractivity contribution in [1.29, 1.82) is 0 Å². The number of aromatic nitrogens is 3. The Hall–Kier alpha value is -2.38. The summed E-state index contributed by atoms with van der Waals surface area (Å²) >= 11 is 0. The third-order valence-electron chi connectivity index (χ3n) is 3.33. The van der Waals surface area contributed by atoms with Gasteiger partial charge in [0, 0.05) is 31.1 Å². The van der Waals surface area contributed by atoms with Crippen LogP contribution in [0.1, 0.15) is 34.2 Å². The fourth-order valence-corrected chi connectivity index (χ4v) is 2.21. The molecule has 0 aromatic carbocycles. The normalized spacial score (nSPS) is 21.2. The molecule has 2 aromatic heterocycles. The summed E-state index contributed by atoms with van der Waals surface area (Å²) in [6, 6.07) is 4.05. The molecule has 1 fully saturated rings. The second-order valence-electron chi connectivity index (χ2n) is 4.93. The van der Waals surface area contributed by atoms with Gasteiger partial charge in [-0.15, -0.1) is 0 Å². The molecule has 3 N–H and O–H groups in total. The summed E-state index contributed by atoms with van der Waals surface area (Å²) in [5, 5.41) is 2.88. The lowest BCUT2D eigenvalue weighted by Crippen LogP contribution is -2.44. The molecule has 0 bridgehead atoms. The van der Waals surface area contributed by atoms with Crippen LogP contribution in [0.5, 0.6) is 0 Å². The van der Waals surface area contributed by atoms with Crippen LogP contribution in [0.25, 0.3) is 0 Å². The molecule has 1 aliphatic heterocycles. The van der Waals surface area contributed by atoms with Gasteiger partial charge in [-0.05, 0) is 24.6 Å². The maximum atomic E-state index is 12.1. The molecule has 3 heterocycles. The number of carbonyl (C=O) groups is 1. The van der Waals surface area contributed by atoms with Crippen LogP contribution in [0.4, 0.5) is 0 Å². The number of hydrazine groups is 1. The number of nitrogens with zero attached hydrogens (tertiary/aromatic N) is 3. The fourth-order valence-electron chi connectivity index (χ4n) is 2.21. The second-order valence-corrected chi connectivity index (χ2v) is 4.93. The fraction of sp³-hybridized carbons (Fsp3) is 0.286. The molecular weight excluding hydrogens is 268 g/mol. The highest BCUT2D eigenvalue weighted by atomic mass is 16.2. The van der Waals surface area contributed by atoms with E-state index in [1.807, 2.05) is 19.1 Å². The van der Waals surface area contributed by atoms with Crippen molar-refractivity contribution in [3.8, 4) is 0 Å². The average molecular weight is 284 g/mol. The Labute approximate surface area is 122 Å². The summed E-state index contributed by atoms with van der Waals surface area (Å²) in [5.41, 5.74) is 8.45. The molecule has 1 aliphatic rings. The first-order chi connectivity index (χ1) is 10.2. The van der Waals surface area contributed by atoms with Crippen LogP contribution in [0.2, 0.25) is 0 Å². The van der Waals surface area contributed by atoms with Crippen LogP contribution < -0.4 is 16.2 Å². The topological polar surface area (TPSA) is 91.8 Å². The number of hydrogen-bond donors (Lipinski definition) is 3. The maximum Gasteiger partial charge on any atom is 0.272 e. The van der Waals surface area contributed by atoms with Crippen molar-refractivity contribution in [3.63, 3.8) is 0 Å². The van der Waals surface area contributed by atoms with E-state index in [4.69, 9.17) is 0 Å². The Morgan fingerprint density at radius 3 is 2.76 bits per heavy atom. The molecule has 1 amide bonds. The zero-order valence-electron chi connectivity index (χ0n) is 11.6. The van der Waals surface area contributed by atoms with Crippen LogP contribution >= 0.6 is 0 Å². The van der Waals surface area contributed by atoms with Gasteiger partial charge in [0.15, 0.2) is 0 Å². The number of amides is 1. The smallest absolute Gasteiger partial charge is 0.272 e. The van der Waals surface area contributed by atoms with Gasteiger partial charge in [-0.3, -0.25) is 14.8 Å². The summed E-state index contributed by atoms with van der Waals surface area (Å²) in [6.07, 6.45) is 7.16. The molecular formula is C14H16N6O. The molecule has 21 heavy (non-hydrogen) atoms. The summed E-state index contributed by atoms with van der Waals surface area (Å²) in [5.74, 6) is -0.239. The van der Waals surface area contributed by atoms with Gasteiger partial charge in [0.25, 0.3) is 5.91 Å². The number of aryl methyl sites for hydroxylation is 1. The van der Waals surface area contributed by atoms with Crippen LogP contribution in [0, 0.1) is 6.92 Å². The largest absolute Gasteiger partial charge is 0.334 e. The Balaban J connectivity index is 1.60. The Bertz CT molecular complexity index is 615. The van der Waals surface area contributed by atoms with Gasteiger partial charge in [0.05, 0.1) is 18.1 Å². The minimum Gasteiger partial charge on any atom is -0.334 e. The zero-order valence-corrected chi connectivity index (χ0v) is 11.6. The Kier molecular flexibility index (Phi) is 3.85. The summed E-state index contributed by atoms with van der Waals surface area (Å²) in [6.45, 7) is 1.83. The summed E-state index contributed by atoms with van der Waals surface area (Å²) in [4.78, 5) is 24.2. The van der Waals surface area contributed by atoms with E-state index >= 15 is 0 Å². The van der Waals surface area contributed by atoms with E-state index < -0.39 is 0 Å². The molecule has 0 saturated carbocycles. The van der Waals surface area contributed by atoms with E-state index in [1.165, 1.54) is 6.20 Å². The summed E-state index contributed by atoms with van der Waals surface area (Å²) < 4.78 is 0. The molecule has 0 aliphatic carbocycles. The number of rotatable bonds is 3. The first kappa shape index (κ1) is 13.6. The monoisotopic (exact) mass is 284 g/mol. The molecule has 7 heteroatoms. The lowest BCUT2D eigenvalue weighted by Gasteiger charge is -2.11. The quantitative estimate of drug-likeness (QED) is 0.759. The molecule has 0 radical (unpaired) electrons. The molecule has 0 spiro atoms. The van der Waals surface area contributed by atoms with E-state index in [-0.39, 0.29) is 18.1 Å². The molecule has 2 unspecified atom stereocenters. The van der Waals surface area contributed by atoms with E-state index in [0.29, 0.717) is 5.69 Å². The van der Waals surface area contributed by atoms with Crippen molar-refractivity contribution in [2.24, 2.45) is 0 Å².